The molecule has 3 aliphatic heterocycles. The maximum absolute atomic E-state index is 13.6. The van der Waals surface area contributed by atoms with Crippen molar-refractivity contribution in [2.75, 3.05) is 53.0 Å². The molecule has 0 bridgehead atoms. The number of piperidine rings is 1. The van der Waals surface area contributed by atoms with Crippen molar-refractivity contribution >= 4 is 15.9 Å². The van der Waals surface area contributed by atoms with Gasteiger partial charge >= 0.3 is 0 Å². The van der Waals surface area contributed by atoms with E-state index in [1.807, 2.05) is 0 Å². The maximum Gasteiger partial charge on any atom is 0.243 e. The zero-order valence-corrected chi connectivity index (χ0v) is 21.8. The molecule has 0 radical (unpaired) electrons. The van der Waals surface area contributed by atoms with Gasteiger partial charge in [0, 0.05) is 19.6 Å². The number of β-amino-alcohol motifs (C(OH)–C–C–N with tert-alkyl or cyclic N) is 1. The number of sulfonamides is 1. The number of amides is 1. The molecule has 0 aliphatic carbocycles. The highest BCUT2D eigenvalue weighted by Gasteiger charge is 2.43. The summed E-state index contributed by atoms with van der Waals surface area (Å²) in [5.41, 5.74) is 0. The summed E-state index contributed by atoms with van der Waals surface area (Å²) in [6, 6.07) is 5.72. The number of hydrogen-bond donors (Lipinski definition) is 2. The minimum Gasteiger partial charge on any atom is -0.497 e. The van der Waals surface area contributed by atoms with Crippen LogP contribution in [-0.4, -0.2) is 106 Å². The van der Waals surface area contributed by atoms with E-state index in [1.165, 1.54) is 42.8 Å². The van der Waals surface area contributed by atoms with E-state index >= 15 is 0 Å². The van der Waals surface area contributed by atoms with Gasteiger partial charge in [-0.2, -0.15) is 4.31 Å². The zero-order chi connectivity index (χ0) is 25.5. The third-order valence-corrected chi connectivity index (χ3v) is 9.12. The number of likely N-dealkylation sites (tertiary alicyclic amines) is 1. The van der Waals surface area contributed by atoms with E-state index in [4.69, 9.17) is 14.2 Å². The number of carbonyl (C=O) groups excluding carboxylic acids is 1. The lowest BCUT2D eigenvalue weighted by Gasteiger charge is -2.43. The Kier molecular flexibility index (Phi) is 9.59. The first-order chi connectivity index (χ1) is 17.4. The topological polar surface area (TPSA) is 118 Å². The highest BCUT2D eigenvalue weighted by atomic mass is 32.2. The molecule has 36 heavy (non-hydrogen) atoms. The Hall–Kier alpha value is -1.76. The van der Waals surface area contributed by atoms with Crippen molar-refractivity contribution in [3.8, 4) is 5.75 Å². The lowest BCUT2D eigenvalue weighted by molar-refractivity contribution is -0.146. The van der Waals surface area contributed by atoms with E-state index in [2.05, 4.69) is 10.2 Å². The van der Waals surface area contributed by atoms with Crippen molar-refractivity contribution in [1.29, 1.82) is 0 Å². The van der Waals surface area contributed by atoms with E-state index in [0.717, 1.165) is 19.6 Å². The van der Waals surface area contributed by atoms with Crippen LogP contribution >= 0.6 is 0 Å². The number of aliphatic hydroxyl groups is 1. The molecule has 0 spiro atoms. The molecule has 202 valence electrons. The van der Waals surface area contributed by atoms with Gasteiger partial charge in [-0.25, -0.2) is 8.42 Å². The minimum atomic E-state index is -3.89. The average molecular weight is 526 g/mol. The first kappa shape index (κ1) is 27.3. The second-order valence-electron chi connectivity index (χ2n) is 9.84. The quantitative estimate of drug-likeness (QED) is 0.516. The molecule has 3 fully saturated rings. The molecule has 1 amide bonds. The van der Waals surface area contributed by atoms with Gasteiger partial charge in [0.2, 0.25) is 15.9 Å². The van der Waals surface area contributed by atoms with Crippen LogP contribution in [0.1, 0.15) is 38.5 Å². The third kappa shape index (κ3) is 6.96. The molecule has 11 heteroatoms. The standard InChI is InChI=1S/C25H39N3O7S/c1-33-20-5-8-22(9-6-20)36(31,32)28-16-19(29)17-34-18-24-23(28)10-7-21(35-24)15-25(30)26-11-14-27-12-3-2-4-13-27/h5-6,8-9,19,21,23-24,29H,2-4,7,10-18H2,1H3,(H,26,30)/t19-,21+,23-,24+/m1/s1. The van der Waals surface area contributed by atoms with Crippen molar-refractivity contribution in [3.05, 3.63) is 24.3 Å². The van der Waals surface area contributed by atoms with E-state index in [9.17, 15) is 18.3 Å². The number of aliphatic hydroxyl groups excluding tert-OH is 1. The molecular formula is C25H39N3O7S. The zero-order valence-electron chi connectivity index (χ0n) is 21.0. The van der Waals surface area contributed by atoms with Crippen LogP contribution in [0.4, 0.5) is 0 Å². The fourth-order valence-corrected chi connectivity index (χ4v) is 6.99. The molecule has 1 aromatic carbocycles. The Bertz CT molecular complexity index is 953. The van der Waals surface area contributed by atoms with Gasteiger partial charge in [0.05, 0.1) is 56.0 Å². The van der Waals surface area contributed by atoms with Crippen LogP contribution in [0.15, 0.2) is 29.2 Å². The number of nitrogens with one attached hydrogen (secondary N) is 1. The van der Waals surface area contributed by atoms with Crippen LogP contribution in [-0.2, 0) is 24.3 Å². The Morgan fingerprint density at radius 1 is 1.14 bits per heavy atom. The van der Waals surface area contributed by atoms with Crippen LogP contribution in [0.3, 0.4) is 0 Å². The van der Waals surface area contributed by atoms with Crippen LogP contribution in [0.25, 0.3) is 0 Å². The van der Waals surface area contributed by atoms with Gasteiger partial charge in [-0.3, -0.25) is 4.79 Å². The van der Waals surface area contributed by atoms with Gasteiger partial charge in [0.1, 0.15) is 5.75 Å². The molecule has 1 aromatic rings. The lowest BCUT2D eigenvalue weighted by Crippen LogP contribution is -2.57. The van der Waals surface area contributed by atoms with Crippen LogP contribution < -0.4 is 10.1 Å². The first-order valence-electron chi connectivity index (χ1n) is 12.9. The normalized spacial score (nSPS) is 28.5. The predicted molar refractivity (Wildman–Crippen MR) is 133 cm³/mol. The smallest absolute Gasteiger partial charge is 0.243 e. The van der Waals surface area contributed by atoms with Gasteiger partial charge in [-0.1, -0.05) is 6.42 Å². The number of methoxy groups -OCH3 is 1. The number of ether oxygens (including phenoxy) is 3. The average Bonchev–Trinajstić information content (AvgIpc) is 2.87. The maximum atomic E-state index is 13.6. The molecule has 2 N–H and O–H groups in total. The fourth-order valence-electron chi connectivity index (χ4n) is 5.27. The van der Waals surface area contributed by atoms with E-state index in [-0.39, 0.29) is 43.1 Å². The molecule has 0 aromatic heterocycles. The summed E-state index contributed by atoms with van der Waals surface area (Å²) in [5.74, 6) is 0.506. The van der Waals surface area contributed by atoms with Gasteiger partial charge in [-0.15, -0.1) is 0 Å². The van der Waals surface area contributed by atoms with E-state index in [1.54, 1.807) is 12.1 Å². The molecule has 4 rings (SSSR count). The van der Waals surface area contributed by atoms with Gasteiger partial charge in [0.25, 0.3) is 0 Å². The van der Waals surface area contributed by atoms with Gasteiger partial charge in [0.15, 0.2) is 0 Å². The Morgan fingerprint density at radius 3 is 2.61 bits per heavy atom. The van der Waals surface area contributed by atoms with Gasteiger partial charge in [-0.05, 0) is 63.0 Å². The fraction of sp³-hybridized carbons (Fsp3) is 0.720. The summed E-state index contributed by atoms with van der Waals surface area (Å²) in [7, 11) is -2.37. The third-order valence-electron chi connectivity index (χ3n) is 7.21. The number of fused-ring (bicyclic) bond motifs is 1. The lowest BCUT2D eigenvalue weighted by atomic mass is 9.96. The largest absolute Gasteiger partial charge is 0.497 e. The summed E-state index contributed by atoms with van der Waals surface area (Å²) in [6.45, 7) is 3.75. The molecule has 3 saturated heterocycles. The number of benzene rings is 1. The first-order valence-corrected chi connectivity index (χ1v) is 14.4. The molecule has 10 nitrogen and oxygen atoms in total. The Balaban J connectivity index is 1.37. The summed E-state index contributed by atoms with van der Waals surface area (Å²) in [4.78, 5) is 15.1. The summed E-state index contributed by atoms with van der Waals surface area (Å²) >= 11 is 0. The number of carbonyl (C=O) groups is 1. The summed E-state index contributed by atoms with van der Waals surface area (Å²) < 4.78 is 45.5. The highest BCUT2D eigenvalue weighted by Crippen LogP contribution is 2.32. The predicted octanol–water partition coefficient (Wildman–Crippen LogP) is 0.985. The summed E-state index contributed by atoms with van der Waals surface area (Å²) in [6.07, 6.45) is 3.25. The molecule has 3 aliphatic rings. The Labute approximate surface area is 213 Å². The highest BCUT2D eigenvalue weighted by molar-refractivity contribution is 7.89. The number of rotatable bonds is 8. The molecule has 3 heterocycles. The molecule has 0 saturated carbocycles. The molecule has 4 atom stereocenters. The SMILES string of the molecule is COc1ccc(S(=O)(=O)N2C[C@@H](O)COC[C@@H]3O[C@H](CC(=O)NCCN4CCCCC4)CC[C@H]32)cc1. The van der Waals surface area contributed by atoms with Crippen molar-refractivity contribution in [1.82, 2.24) is 14.5 Å². The second kappa shape index (κ2) is 12.7. The minimum absolute atomic E-state index is 0.0167. The van der Waals surface area contributed by atoms with Crippen molar-refractivity contribution in [2.45, 2.75) is 67.8 Å². The van der Waals surface area contributed by atoms with E-state index < -0.39 is 28.3 Å². The number of nitrogens with zero attached hydrogens (tertiary/aromatic N) is 2. The molecular weight excluding hydrogens is 486 g/mol. The second-order valence-corrected chi connectivity index (χ2v) is 11.7. The molecule has 0 unspecified atom stereocenters. The number of hydrogen-bond acceptors (Lipinski definition) is 8. The van der Waals surface area contributed by atoms with Gasteiger partial charge < -0.3 is 29.5 Å². The van der Waals surface area contributed by atoms with Crippen molar-refractivity contribution < 1.29 is 32.5 Å². The monoisotopic (exact) mass is 525 g/mol. The van der Waals surface area contributed by atoms with Crippen LogP contribution in [0.2, 0.25) is 0 Å². The Morgan fingerprint density at radius 2 is 1.89 bits per heavy atom. The summed E-state index contributed by atoms with van der Waals surface area (Å²) in [5, 5.41) is 13.4. The van der Waals surface area contributed by atoms with Crippen LogP contribution in [0, 0.1) is 0 Å². The van der Waals surface area contributed by atoms with Crippen molar-refractivity contribution in [3.63, 3.8) is 0 Å². The van der Waals surface area contributed by atoms with Crippen LogP contribution in [0.5, 0.6) is 5.75 Å². The van der Waals surface area contributed by atoms with Crippen molar-refractivity contribution in [2.24, 2.45) is 0 Å². The van der Waals surface area contributed by atoms with E-state index in [0.29, 0.717) is 25.1 Å².